The molecule has 3 nitrogen and oxygen atoms in total. The van der Waals surface area contributed by atoms with Gasteiger partial charge in [0.1, 0.15) is 11.5 Å². The van der Waals surface area contributed by atoms with Crippen molar-refractivity contribution in [2.24, 2.45) is 0 Å². The van der Waals surface area contributed by atoms with Gasteiger partial charge in [-0.25, -0.2) is 0 Å². The predicted octanol–water partition coefficient (Wildman–Crippen LogP) is 3.86. The Balaban J connectivity index is 2.26. The molecule has 1 atom stereocenters. The van der Waals surface area contributed by atoms with E-state index in [1.54, 1.807) is 13.4 Å². The van der Waals surface area contributed by atoms with Crippen molar-refractivity contribution >= 4 is 15.9 Å². The minimum absolute atomic E-state index is 0.151. The van der Waals surface area contributed by atoms with Gasteiger partial charge in [0, 0.05) is 4.47 Å². The van der Waals surface area contributed by atoms with Crippen molar-refractivity contribution in [2.45, 2.75) is 19.4 Å². The number of hydrogen-bond acceptors (Lipinski definition) is 3. The molecular weight excluding hydrogens is 306 g/mol. The van der Waals surface area contributed by atoms with E-state index in [4.69, 9.17) is 9.15 Å². The normalized spacial score (nSPS) is 12.4. The zero-order valence-electron chi connectivity index (χ0n) is 11.4. The number of methoxy groups -OCH3 is 1. The van der Waals surface area contributed by atoms with Crippen molar-refractivity contribution in [1.82, 2.24) is 5.32 Å². The molecule has 4 heteroatoms. The molecule has 1 aromatic carbocycles. The molecule has 0 amide bonds. The summed E-state index contributed by atoms with van der Waals surface area (Å²) in [4.78, 5) is 0. The van der Waals surface area contributed by atoms with Crippen molar-refractivity contribution in [3.8, 4) is 5.75 Å². The van der Waals surface area contributed by atoms with E-state index in [0.29, 0.717) is 0 Å². The van der Waals surface area contributed by atoms with Gasteiger partial charge < -0.3 is 14.5 Å². The molecule has 0 bridgehead atoms. The average molecular weight is 324 g/mol. The summed E-state index contributed by atoms with van der Waals surface area (Å²) in [5, 5.41) is 3.30. The SMILES string of the molecule is CNC(Cc1cc(OC)ccc1Br)c1occc1C. The Morgan fingerprint density at radius 1 is 1.37 bits per heavy atom. The molecule has 0 aliphatic carbocycles. The summed E-state index contributed by atoms with van der Waals surface area (Å²) in [5.41, 5.74) is 2.35. The lowest BCUT2D eigenvalue weighted by atomic mass is 10.0. The quantitative estimate of drug-likeness (QED) is 0.907. The van der Waals surface area contributed by atoms with Gasteiger partial charge >= 0.3 is 0 Å². The van der Waals surface area contributed by atoms with Crippen LogP contribution in [-0.4, -0.2) is 14.2 Å². The standard InChI is InChI=1S/C15H18BrNO2/c1-10-6-7-19-15(10)14(17-2)9-11-8-12(18-3)4-5-13(11)16/h4-8,14,17H,9H2,1-3H3. The summed E-state index contributed by atoms with van der Waals surface area (Å²) in [6.07, 6.45) is 2.57. The predicted molar refractivity (Wildman–Crippen MR) is 79.6 cm³/mol. The van der Waals surface area contributed by atoms with Gasteiger partial charge in [0.15, 0.2) is 0 Å². The maximum absolute atomic E-state index is 5.58. The fourth-order valence-corrected chi connectivity index (χ4v) is 2.53. The molecule has 0 fully saturated rings. The Bertz CT molecular complexity index is 551. The van der Waals surface area contributed by atoms with Gasteiger partial charge in [0.05, 0.1) is 19.4 Å². The minimum Gasteiger partial charge on any atom is -0.497 e. The van der Waals surface area contributed by atoms with E-state index in [2.05, 4.69) is 28.2 Å². The highest BCUT2D eigenvalue weighted by molar-refractivity contribution is 9.10. The van der Waals surface area contributed by atoms with E-state index < -0.39 is 0 Å². The molecular formula is C15H18BrNO2. The first-order chi connectivity index (χ1) is 9.15. The molecule has 1 N–H and O–H groups in total. The Hall–Kier alpha value is -1.26. The van der Waals surface area contributed by atoms with Gasteiger partial charge in [-0.3, -0.25) is 0 Å². The Kier molecular flexibility index (Phi) is 4.66. The first kappa shape index (κ1) is 14.2. The number of rotatable bonds is 5. The maximum atomic E-state index is 5.58. The molecule has 0 spiro atoms. The van der Waals surface area contributed by atoms with E-state index in [-0.39, 0.29) is 6.04 Å². The van der Waals surface area contributed by atoms with Crippen LogP contribution in [0.2, 0.25) is 0 Å². The largest absolute Gasteiger partial charge is 0.497 e. The summed E-state index contributed by atoms with van der Waals surface area (Å²) in [6.45, 7) is 2.06. The summed E-state index contributed by atoms with van der Waals surface area (Å²) in [6, 6.07) is 8.14. The Labute approximate surface area is 122 Å². The van der Waals surface area contributed by atoms with E-state index in [0.717, 1.165) is 22.4 Å². The van der Waals surface area contributed by atoms with Crippen molar-refractivity contribution in [3.05, 3.63) is 51.9 Å². The molecule has 1 heterocycles. The lowest BCUT2D eigenvalue weighted by Gasteiger charge is -2.16. The van der Waals surface area contributed by atoms with Crippen molar-refractivity contribution in [3.63, 3.8) is 0 Å². The van der Waals surface area contributed by atoms with Crippen LogP contribution in [0.15, 0.2) is 39.4 Å². The Morgan fingerprint density at radius 2 is 2.16 bits per heavy atom. The second-order valence-electron chi connectivity index (χ2n) is 4.47. The zero-order chi connectivity index (χ0) is 13.8. The third-order valence-corrected chi connectivity index (χ3v) is 4.02. The van der Waals surface area contributed by atoms with E-state index >= 15 is 0 Å². The van der Waals surface area contributed by atoms with Gasteiger partial charge in [-0.2, -0.15) is 0 Å². The third kappa shape index (κ3) is 3.19. The van der Waals surface area contributed by atoms with Crippen LogP contribution < -0.4 is 10.1 Å². The summed E-state index contributed by atoms with van der Waals surface area (Å²) in [7, 11) is 3.62. The van der Waals surface area contributed by atoms with Gasteiger partial charge in [0.25, 0.3) is 0 Å². The molecule has 102 valence electrons. The van der Waals surface area contributed by atoms with Gasteiger partial charge in [0.2, 0.25) is 0 Å². The van der Waals surface area contributed by atoms with Gasteiger partial charge in [-0.05, 0) is 55.8 Å². The third-order valence-electron chi connectivity index (χ3n) is 3.24. The number of aryl methyl sites for hydroxylation is 1. The molecule has 1 unspecified atom stereocenters. The molecule has 0 aliphatic rings. The Morgan fingerprint density at radius 3 is 2.74 bits per heavy atom. The average Bonchev–Trinajstić information content (AvgIpc) is 2.84. The van der Waals surface area contributed by atoms with Crippen LogP contribution in [0.1, 0.15) is 22.9 Å². The minimum atomic E-state index is 0.151. The van der Waals surface area contributed by atoms with Crippen LogP contribution in [-0.2, 0) is 6.42 Å². The number of furan rings is 1. The van der Waals surface area contributed by atoms with E-state index in [1.165, 1.54) is 11.1 Å². The molecule has 0 saturated heterocycles. The number of ether oxygens (including phenoxy) is 1. The summed E-state index contributed by atoms with van der Waals surface area (Å²) < 4.78 is 11.9. The fraction of sp³-hybridized carbons (Fsp3) is 0.333. The molecule has 19 heavy (non-hydrogen) atoms. The maximum Gasteiger partial charge on any atom is 0.123 e. The zero-order valence-corrected chi connectivity index (χ0v) is 13.0. The second kappa shape index (κ2) is 6.26. The molecule has 1 aromatic heterocycles. The smallest absolute Gasteiger partial charge is 0.123 e. The van der Waals surface area contributed by atoms with E-state index in [1.807, 2.05) is 31.3 Å². The number of halogens is 1. The van der Waals surface area contributed by atoms with Crippen LogP contribution in [0.4, 0.5) is 0 Å². The van der Waals surface area contributed by atoms with Crippen molar-refractivity contribution < 1.29 is 9.15 Å². The number of nitrogens with one attached hydrogen (secondary N) is 1. The van der Waals surface area contributed by atoms with Crippen LogP contribution in [0.25, 0.3) is 0 Å². The highest BCUT2D eigenvalue weighted by atomic mass is 79.9. The molecule has 0 saturated carbocycles. The number of benzene rings is 1. The van der Waals surface area contributed by atoms with Crippen molar-refractivity contribution in [2.75, 3.05) is 14.2 Å². The second-order valence-corrected chi connectivity index (χ2v) is 5.32. The molecule has 0 aliphatic heterocycles. The number of likely N-dealkylation sites (N-methyl/N-ethyl adjacent to an activating group) is 1. The highest BCUT2D eigenvalue weighted by Crippen LogP contribution is 2.28. The first-order valence-electron chi connectivity index (χ1n) is 6.19. The fourth-order valence-electron chi connectivity index (χ4n) is 2.12. The lowest BCUT2D eigenvalue weighted by Crippen LogP contribution is -2.19. The lowest BCUT2D eigenvalue weighted by molar-refractivity contribution is 0.411. The van der Waals surface area contributed by atoms with Crippen molar-refractivity contribution in [1.29, 1.82) is 0 Å². The number of hydrogen-bond donors (Lipinski definition) is 1. The monoisotopic (exact) mass is 323 g/mol. The van der Waals surface area contributed by atoms with Crippen LogP contribution in [0.5, 0.6) is 5.75 Å². The van der Waals surface area contributed by atoms with E-state index in [9.17, 15) is 0 Å². The van der Waals surface area contributed by atoms with Gasteiger partial charge in [-0.1, -0.05) is 15.9 Å². The van der Waals surface area contributed by atoms with Crippen LogP contribution in [0.3, 0.4) is 0 Å². The van der Waals surface area contributed by atoms with Gasteiger partial charge in [-0.15, -0.1) is 0 Å². The summed E-state index contributed by atoms with van der Waals surface area (Å²) in [5.74, 6) is 1.85. The molecule has 2 aromatic rings. The summed E-state index contributed by atoms with van der Waals surface area (Å²) >= 11 is 3.59. The molecule has 2 rings (SSSR count). The first-order valence-corrected chi connectivity index (χ1v) is 6.98. The molecule has 0 radical (unpaired) electrons. The highest BCUT2D eigenvalue weighted by Gasteiger charge is 2.17. The van der Waals surface area contributed by atoms with Crippen LogP contribution in [0, 0.1) is 6.92 Å². The topological polar surface area (TPSA) is 34.4 Å². The van der Waals surface area contributed by atoms with Crippen LogP contribution >= 0.6 is 15.9 Å².